The second-order valence-electron chi connectivity index (χ2n) is 3.37. The van der Waals surface area contributed by atoms with Crippen LogP contribution in [-0.4, -0.2) is 34.1 Å². The van der Waals surface area contributed by atoms with Crippen LogP contribution < -0.4 is 0 Å². The Morgan fingerprint density at radius 3 is 1.80 bits per heavy atom. The molecule has 1 saturated carbocycles. The van der Waals surface area contributed by atoms with E-state index in [0.717, 1.165) is 0 Å². The summed E-state index contributed by atoms with van der Waals surface area (Å²) < 4.78 is 3.50. The molecule has 1 saturated heterocycles. The first-order valence-electron chi connectivity index (χ1n) is 4.21. The molecule has 0 nitrogen and oxygen atoms in total. The Morgan fingerprint density at radius 1 is 0.800 bits per heavy atom. The van der Waals surface area contributed by atoms with Gasteiger partial charge < -0.3 is 0 Å². The fraction of sp³-hybridized carbons (Fsp3) is 1.00. The summed E-state index contributed by atoms with van der Waals surface area (Å²) in [5.41, 5.74) is 0. The van der Waals surface area contributed by atoms with Crippen molar-refractivity contribution in [1.29, 1.82) is 0 Å². The monoisotopic (exact) mass is 370 g/mol. The number of rotatable bonds is 0. The van der Waals surface area contributed by atoms with Gasteiger partial charge in [-0.05, 0) is 0 Å². The predicted molar refractivity (Wildman–Crippen MR) is 46.6 cm³/mol. The van der Waals surface area contributed by atoms with Crippen molar-refractivity contribution in [3.63, 3.8) is 0 Å². The molecule has 0 amide bonds. The Labute approximate surface area is 79.9 Å². The maximum atomic E-state index is 1.75. The van der Waals surface area contributed by atoms with Gasteiger partial charge in [0.2, 0.25) is 0 Å². The fourth-order valence-corrected chi connectivity index (χ4v) is 16.4. The molecule has 0 N–H and O–H groups in total. The molecule has 2 aliphatic rings. The molecular weight excluding hydrogens is 351 g/mol. The quantitative estimate of drug-likeness (QED) is 0.576. The molecule has 0 spiro atoms. The first-order valence-corrected chi connectivity index (χ1v) is 14.8. The van der Waals surface area contributed by atoms with Crippen molar-refractivity contribution in [1.82, 2.24) is 0 Å². The fourth-order valence-electron chi connectivity index (χ4n) is 1.99. The van der Waals surface area contributed by atoms with Gasteiger partial charge in [-0.2, -0.15) is 0 Å². The van der Waals surface area contributed by atoms with E-state index >= 15 is 0 Å². The van der Waals surface area contributed by atoms with Gasteiger partial charge >= 0.3 is 80.6 Å². The summed E-state index contributed by atoms with van der Waals surface area (Å²) in [7, 11) is 0. The van der Waals surface area contributed by atoms with E-state index in [2.05, 4.69) is 0 Å². The normalized spacial score (nSPS) is 40.8. The van der Waals surface area contributed by atoms with Gasteiger partial charge in [0.05, 0.1) is 0 Å². The zero-order valence-electron chi connectivity index (χ0n) is 6.21. The van der Waals surface area contributed by atoms with Gasteiger partial charge in [-0.25, -0.2) is 0 Å². The van der Waals surface area contributed by atoms with E-state index in [1.807, 2.05) is 0 Å². The summed E-state index contributed by atoms with van der Waals surface area (Å²) in [4.78, 5) is 0. The molecule has 0 bridgehead atoms. The minimum absolute atomic E-state index is 0.642. The predicted octanol–water partition coefficient (Wildman–Crippen LogP) is 1.97. The molecule has 0 radical (unpaired) electrons. The molecule has 2 atom stereocenters. The van der Waals surface area contributed by atoms with Crippen molar-refractivity contribution in [2.45, 2.75) is 34.6 Å². The van der Waals surface area contributed by atoms with E-state index in [1.54, 1.807) is 34.6 Å². The van der Waals surface area contributed by atoms with Crippen molar-refractivity contribution in [3.8, 4) is 0 Å². The van der Waals surface area contributed by atoms with E-state index in [4.69, 9.17) is 0 Å². The Balaban J connectivity index is 1.93. The van der Waals surface area contributed by atoms with Crippen LogP contribution in [0, 0.1) is 11.8 Å². The van der Waals surface area contributed by atoms with Crippen molar-refractivity contribution < 1.29 is 0 Å². The average Bonchev–Trinajstić information content (AvgIpc) is 2.05. The van der Waals surface area contributed by atoms with Crippen LogP contribution in [0.15, 0.2) is 0 Å². The Hall–Kier alpha value is 1.58. The van der Waals surface area contributed by atoms with Crippen molar-refractivity contribution in [2.75, 3.05) is 0 Å². The number of fused-ring (bicyclic) bond motifs is 1. The minimum atomic E-state index is 0.642. The van der Waals surface area contributed by atoms with E-state index in [0.29, 0.717) is 34.1 Å². The van der Waals surface area contributed by atoms with Crippen LogP contribution in [0.5, 0.6) is 0 Å². The standard InChI is InChI=1S/C8H14Te2/c1-2-4-8-6-10-9-5-7(8)3-1/h7-8H,1-6H2/t7-,8-/m1/s1. The van der Waals surface area contributed by atoms with Gasteiger partial charge in [0.1, 0.15) is 0 Å². The maximum absolute atomic E-state index is 1.75. The van der Waals surface area contributed by atoms with E-state index in [-0.39, 0.29) is 0 Å². The summed E-state index contributed by atoms with van der Waals surface area (Å²) in [5, 5.41) is 0. The SMILES string of the molecule is C1CC[C@@H]2C[Te][Te]C[C@H]2C1. The second kappa shape index (κ2) is 4.00. The van der Waals surface area contributed by atoms with Crippen molar-refractivity contribution in [2.24, 2.45) is 11.8 Å². The molecule has 0 aromatic heterocycles. The molecule has 58 valence electrons. The summed E-state index contributed by atoms with van der Waals surface area (Å²) in [6, 6.07) is 0. The van der Waals surface area contributed by atoms with Gasteiger partial charge in [0.15, 0.2) is 0 Å². The van der Waals surface area contributed by atoms with Gasteiger partial charge in [0, 0.05) is 0 Å². The third-order valence-corrected chi connectivity index (χ3v) is 14.8. The van der Waals surface area contributed by atoms with E-state index < -0.39 is 0 Å². The Morgan fingerprint density at radius 2 is 1.30 bits per heavy atom. The van der Waals surface area contributed by atoms with Crippen LogP contribution >= 0.6 is 0 Å². The summed E-state index contributed by atoms with van der Waals surface area (Å²) in [6.45, 7) is 0. The van der Waals surface area contributed by atoms with Gasteiger partial charge in [-0.1, -0.05) is 0 Å². The molecule has 1 heterocycles. The molecule has 2 heteroatoms. The first-order chi connectivity index (χ1) is 4.97. The van der Waals surface area contributed by atoms with Crippen molar-refractivity contribution in [3.05, 3.63) is 0 Å². The average molecular weight is 365 g/mol. The molecule has 1 aliphatic heterocycles. The van der Waals surface area contributed by atoms with Gasteiger partial charge in [-0.15, -0.1) is 0 Å². The van der Waals surface area contributed by atoms with Gasteiger partial charge in [0.25, 0.3) is 0 Å². The van der Waals surface area contributed by atoms with E-state index in [9.17, 15) is 0 Å². The van der Waals surface area contributed by atoms with Crippen LogP contribution in [-0.2, 0) is 0 Å². The van der Waals surface area contributed by atoms with Crippen LogP contribution in [0.25, 0.3) is 0 Å². The van der Waals surface area contributed by atoms with Crippen LogP contribution in [0.2, 0.25) is 8.94 Å². The van der Waals surface area contributed by atoms with Crippen LogP contribution in [0.1, 0.15) is 25.7 Å². The number of hydrogen-bond donors (Lipinski definition) is 0. The summed E-state index contributed by atoms with van der Waals surface area (Å²) >= 11 is 1.28. The Bertz CT molecular complexity index is 87.8. The molecule has 10 heavy (non-hydrogen) atoms. The molecule has 0 aromatic rings. The molecule has 2 rings (SSSR count). The molecule has 0 aromatic carbocycles. The van der Waals surface area contributed by atoms with Crippen molar-refractivity contribution >= 4 is 34.1 Å². The first kappa shape index (κ1) is 8.19. The molecule has 0 unspecified atom stereocenters. The van der Waals surface area contributed by atoms with Gasteiger partial charge in [-0.3, -0.25) is 0 Å². The van der Waals surface area contributed by atoms with Crippen LogP contribution in [0.3, 0.4) is 0 Å². The Kier molecular flexibility index (Phi) is 3.28. The second-order valence-corrected chi connectivity index (χ2v) is 15.6. The third-order valence-electron chi connectivity index (χ3n) is 2.71. The molecule has 1 aliphatic carbocycles. The topological polar surface area (TPSA) is 0 Å². The zero-order valence-corrected chi connectivity index (χ0v) is 10.9. The molecule has 2 fully saturated rings. The molecular formula is C8H14Te2. The summed E-state index contributed by atoms with van der Waals surface area (Å²) in [6.07, 6.45) is 6.36. The zero-order chi connectivity index (χ0) is 6.81. The number of hydrogen-bond acceptors (Lipinski definition) is 0. The van der Waals surface area contributed by atoms with E-state index in [1.165, 1.54) is 11.8 Å². The third kappa shape index (κ3) is 1.84. The van der Waals surface area contributed by atoms with Crippen LogP contribution in [0.4, 0.5) is 0 Å². The summed E-state index contributed by atoms with van der Waals surface area (Å²) in [5.74, 6) is 2.49.